The van der Waals surface area contributed by atoms with Crippen LogP contribution in [-0.4, -0.2) is 17.0 Å². The van der Waals surface area contributed by atoms with Crippen molar-refractivity contribution in [3.63, 3.8) is 0 Å². The second-order valence-electron chi connectivity index (χ2n) is 3.11. The predicted molar refractivity (Wildman–Crippen MR) is 63.5 cm³/mol. The van der Waals surface area contributed by atoms with Gasteiger partial charge in [0.2, 0.25) is 0 Å². The van der Waals surface area contributed by atoms with E-state index in [1.165, 1.54) is 4.88 Å². The summed E-state index contributed by atoms with van der Waals surface area (Å²) < 4.78 is 0. The molecule has 5 heteroatoms. The van der Waals surface area contributed by atoms with Crippen molar-refractivity contribution in [3.05, 3.63) is 39.9 Å². The molecule has 0 aliphatic rings. The lowest BCUT2D eigenvalue weighted by atomic mass is 10.4. The monoisotopic (exact) mass is 239 g/mol. The Hall–Kier alpha value is -1.13. The van der Waals surface area contributed by atoms with Gasteiger partial charge in [-0.25, -0.2) is 9.97 Å². The summed E-state index contributed by atoms with van der Waals surface area (Å²) in [4.78, 5) is 11.5. The van der Waals surface area contributed by atoms with E-state index in [2.05, 4.69) is 21.4 Å². The maximum atomic E-state index is 5.95. The molecule has 0 saturated heterocycles. The Kier molecular flexibility index (Phi) is 3.18. The maximum Gasteiger partial charge on any atom is 0.171 e. The van der Waals surface area contributed by atoms with Crippen LogP contribution in [0.15, 0.2) is 29.9 Å². The number of thiophene rings is 1. The summed E-state index contributed by atoms with van der Waals surface area (Å²) in [5.41, 5.74) is 0. The van der Waals surface area contributed by atoms with Gasteiger partial charge in [-0.3, -0.25) is 0 Å². The third kappa shape index (κ3) is 2.46. The number of halogens is 1. The Balaban J connectivity index is 2.15. The van der Waals surface area contributed by atoms with Gasteiger partial charge in [0.05, 0.1) is 6.54 Å². The zero-order valence-corrected chi connectivity index (χ0v) is 9.79. The van der Waals surface area contributed by atoms with Gasteiger partial charge in [-0.15, -0.1) is 11.3 Å². The van der Waals surface area contributed by atoms with Crippen molar-refractivity contribution in [1.82, 2.24) is 9.97 Å². The van der Waals surface area contributed by atoms with Crippen LogP contribution in [0, 0.1) is 0 Å². The van der Waals surface area contributed by atoms with Crippen molar-refractivity contribution >= 4 is 28.8 Å². The van der Waals surface area contributed by atoms with Gasteiger partial charge in [0.25, 0.3) is 0 Å². The fourth-order valence-electron chi connectivity index (χ4n) is 1.28. The first kappa shape index (κ1) is 10.4. The van der Waals surface area contributed by atoms with E-state index in [4.69, 9.17) is 11.6 Å². The topological polar surface area (TPSA) is 29.0 Å². The number of nitrogens with zero attached hydrogens (tertiary/aromatic N) is 3. The lowest BCUT2D eigenvalue weighted by Gasteiger charge is -2.17. The van der Waals surface area contributed by atoms with E-state index in [0.717, 1.165) is 6.54 Å². The minimum absolute atomic E-state index is 0.441. The molecule has 2 aromatic heterocycles. The number of anilines is 1. The fourth-order valence-corrected chi connectivity index (χ4v) is 2.29. The first-order valence-corrected chi connectivity index (χ1v) is 5.73. The molecule has 0 saturated carbocycles. The Morgan fingerprint density at radius 3 is 2.87 bits per heavy atom. The first-order valence-electron chi connectivity index (χ1n) is 4.47. The van der Waals surface area contributed by atoms with Gasteiger partial charge < -0.3 is 4.90 Å². The van der Waals surface area contributed by atoms with Crippen LogP contribution in [0.1, 0.15) is 4.88 Å². The average molecular weight is 240 g/mol. The van der Waals surface area contributed by atoms with Crippen LogP contribution < -0.4 is 4.90 Å². The van der Waals surface area contributed by atoms with E-state index in [-0.39, 0.29) is 0 Å². The lowest BCUT2D eigenvalue weighted by Crippen LogP contribution is -2.17. The quantitative estimate of drug-likeness (QED) is 0.825. The summed E-state index contributed by atoms with van der Waals surface area (Å²) >= 11 is 7.67. The molecule has 0 bridgehead atoms. The van der Waals surface area contributed by atoms with Crippen LogP contribution in [-0.2, 0) is 6.54 Å². The normalized spacial score (nSPS) is 10.3. The van der Waals surface area contributed by atoms with Crippen LogP contribution in [0.5, 0.6) is 0 Å². The molecule has 0 fully saturated rings. The van der Waals surface area contributed by atoms with Crippen molar-refractivity contribution in [2.24, 2.45) is 0 Å². The maximum absolute atomic E-state index is 5.95. The highest BCUT2D eigenvalue weighted by atomic mass is 35.5. The van der Waals surface area contributed by atoms with Crippen molar-refractivity contribution in [2.45, 2.75) is 6.54 Å². The second kappa shape index (κ2) is 4.59. The molecule has 0 atom stereocenters. The molecule has 3 nitrogen and oxygen atoms in total. The highest BCUT2D eigenvalue weighted by molar-refractivity contribution is 7.09. The number of rotatable bonds is 3. The van der Waals surface area contributed by atoms with Crippen molar-refractivity contribution in [1.29, 1.82) is 0 Å². The third-order valence-corrected chi connectivity index (χ3v) is 3.10. The Bertz CT molecular complexity index is 430. The van der Waals surface area contributed by atoms with E-state index in [1.54, 1.807) is 23.7 Å². The standard InChI is InChI=1S/C10H10ClN3S/c1-14(7-8-3-2-6-15-8)10-9(11)12-4-5-13-10/h2-6H,7H2,1H3. The van der Waals surface area contributed by atoms with E-state index in [0.29, 0.717) is 11.0 Å². The third-order valence-electron chi connectivity index (χ3n) is 1.97. The highest BCUT2D eigenvalue weighted by Gasteiger charge is 2.08. The van der Waals surface area contributed by atoms with E-state index in [1.807, 2.05) is 18.0 Å². The largest absolute Gasteiger partial charge is 0.352 e. The molecule has 0 aliphatic carbocycles. The van der Waals surface area contributed by atoms with Gasteiger partial charge in [-0.1, -0.05) is 17.7 Å². The van der Waals surface area contributed by atoms with Crippen LogP contribution in [0.4, 0.5) is 5.82 Å². The summed E-state index contributed by atoms with van der Waals surface area (Å²) in [6.07, 6.45) is 3.23. The highest BCUT2D eigenvalue weighted by Crippen LogP contribution is 2.21. The number of hydrogen-bond acceptors (Lipinski definition) is 4. The SMILES string of the molecule is CN(Cc1cccs1)c1nccnc1Cl. The van der Waals surface area contributed by atoms with Crippen LogP contribution >= 0.6 is 22.9 Å². The summed E-state index contributed by atoms with van der Waals surface area (Å²) in [6, 6.07) is 4.12. The molecule has 2 rings (SSSR count). The van der Waals surface area contributed by atoms with Gasteiger partial charge in [0, 0.05) is 24.3 Å². The molecule has 0 radical (unpaired) electrons. The van der Waals surface area contributed by atoms with Gasteiger partial charge in [-0.05, 0) is 11.4 Å². The minimum Gasteiger partial charge on any atom is -0.352 e. The van der Waals surface area contributed by atoms with Crippen LogP contribution in [0.2, 0.25) is 5.15 Å². The van der Waals surface area contributed by atoms with Crippen LogP contribution in [0.25, 0.3) is 0 Å². The van der Waals surface area contributed by atoms with Crippen LogP contribution in [0.3, 0.4) is 0 Å². The average Bonchev–Trinajstić information content (AvgIpc) is 2.71. The Morgan fingerprint density at radius 1 is 1.40 bits per heavy atom. The zero-order valence-electron chi connectivity index (χ0n) is 8.22. The van der Waals surface area contributed by atoms with Crippen molar-refractivity contribution < 1.29 is 0 Å². The molecule has 78 valence electrons. The molecule has 0 N–H and O–H groups in total. The molecule has 15 heavy (non-hydrogen) atoms. The fraction of sp³-hybridized carbons (Fsp3) is 0.200. The number of aromatic nitrogens is 2. The van der Waals surface area contributed by atoms with E-state index in [9.17, 15) is 0 Å². The van der Waals surface area contributed by atoms with Gasteiger partial charge in [-0.2, -0.15) is 0 Å². The van der Waals surface area contributed by atoms with Crippen molar-refractivity contribution in [3.8, 4) is 0 Å². The van der Waals surface area contributed by atoms with E-state index < -0.39 is 0 Å². The molecule has 0 aliphatic heterocycles. The Labute approximate surface area is 97.4 Å². The van der Waals surface area contributed by atoms with Gasteiger partial charge in [0.15, 0.2) is 11.0 Å². The first-order chi connectivity index (χ1) is 7.27. The van der Waals surface area contributed by atoms with Crippen molar-refractivity contribution in [2.75, 3.05) is 11.9 Å². The number of hydrogen-bond donors (Lipinski definition) is 0. The molecular weight excluding hydrogens is 230 g/mol. The molecule has 2 aromatic rings. The molecule has 0 spiro atoms. The molecule has 0 aromatic carbocycles. The minimum atomic E-state index is 0.441. The molecular formula is C10H10ClN3S. The molecule has 0 unspecified atom stereocenters. The smallest absolute Gasteiger partial charge is 0.171 e. The molecule has 0 amide bonds. The van der Waals surface area contributed by atoms with Gasteiger partial charge in [0.1, 0.15) is 0 Å². The summed E-state index contributed by atoms with van der Waals surface area (Å²) in [5, 5.41) is 2.50. The predicted octanol–water partition coefficient (Wildman–Crippen LogP) is 2.83. The molecule has 2 heterocycles. The van der Waals surface area contributed by atoms with E-state index >= 15 is 0 Å². The summed E-state index contributed by atoms with van der Waals surface area (Å²) in [7, 11) is 1.95. The summed E-state index contributed by atoms with van der Waals surface area (Å²) in [6.45, 7) is 0.802. The van der Waals surface area contributed by atoms with Gasteiger partial charge >= 0.3 is 0 Å². The second-order valence-corrected chi connectivity index (χ2v) is 4.50. The summed E-state index contributed by atoms with van der Waals surface area (Å²) in [5.74, 6) is 0.715. The zero-order chi connectivity index (χ0) is 10.7. The lowest BCUT2D eigenvalue weighted by molar-refractivity contribution is 0.904. The Morgan fingerprint density at radius 2 is 2.20 bits per heavy atom.